The molecular formula is C33H50N2O2Sn. The molecule has 0 aliphatic heterocycles. The van der Waals surface area contributed by atoms with Gasteiger partial charge in [-0.15, -0.1) is 0 Å². The summed E-state index contributed by atoms with van der Waals surface area (Å²) < 4.78 is 0. The van der Waals surface area contributed by atoms with Crippen LogP contribution < -0.4 is 0 Å². The predicted molar refractivity (Wildman–Crippen MR) is 166 cm³/mol. The maximum Gasteiger partial charge on any atom is 0.128 e. The molecule has 2 N–H and O–H groups in total. The van der Waals surface area contributed by atoms with E-state index in [1.807, 2.05) is 19.1 Å². The van der Waals surface area contributed by atoms with E-state index in [4.69, 9.17) is 4.99 Å². The SMILES string of the molecule is C[C@@H](CN=Cc1cc(C(C)(C)C)cc(C(C)(C)C)c1O)N=Cc1cc(C(C)(C)C)cc(C(C)(C)C)c1O.[Sn]. The molecule has 0 aromatic heterocycles. The number of phenols is 2. The normalized spacial score (nSPS) is 14.2. The topological polar surface area (TPSA) is 65.2 Å². The minimum absolute atomic E-state index is 0. The summed E-state index contributed by atoms with van der Waals surface area (Å²) in [5, 5.41) is 22.0. The number of phenolic OH excluding ortho intramolecular Hbond substituents is 2. The molecule has 0 bridgehead atoms. The van der Waals surface area contributed by atoms with Gasteiger partial charge in [0.2, 0.25) is 0 Å². The van der Waals surface area contributed by atoms with E-state index < -0.39 is 0 Å². The van der Waals surface area contributed by atoms with Crippen molar-refractivity contribution in [2.45, 2.75) is 118 Å². The third-order valence-corrected chi connectivity index (χ3v) is 6.69. The average Bonchev–Trinajstić information content (AvgIpc) is 2.70. The van der Waals surface area contributed by atoms with E-state index in [-0.39, 0.29) is 51.6 Å². The molecule has 2 aromatic carbocycles. The Balaban J connectivity index is 0.00000722. The molecule has 0 unspecified atom stereocenters. The van der Waals surface area contributed by atoms with Crippen molar-refractivity contribution in [3.63, 3.8) is 0 Å². The standard InChI is InChI=1S/C33H50N2O2.Sn/c1-21(35-20-23-15-25(31(5,6)7)17-27(29(23)37)33(11,12)13)18-34-19-22-14-24(30(2,3)4)16-26(28(22)36)32(8,9)10;/h14-17,19-21,36-37H,18H2,1-13H3;/t21-;/m0./s1. The molecule has 0 spiro atoms. The van der Waals surface area contributed by atoms with E-state index in [0.717, 1.165) is 22.3 Å². The van der Waals surface area contributed by atoms with Gasteiger partial charge in [-0.25, -0.2) is 0 Å². The number of rotatable bonds is 5. The Hall–Kier alpha value is -1.82. The van der Waals surface area contributed by atoms with Crippen LogP contribution in [0.3, 0.4) is 0 Å². The Kier molecular flexibility index (Phi) is 10.9. The Morgan fingerprint density at radius 1 is 0.632 bits per heavy atom. The zero-order chi connectivity index (χ0) is 28.6. The summed E-state index contributed by atoms with van der Waals surface area (Å²) in [6, 6.07) is 8.22. The van der Waals surface area contributed by atoms with Crippen molar-refractivity contribution >= 4 is 36.3 Å². The van der Waals surface area contributed by atoms with Crippen molar-refractivity contribution < 1.29 is 10.2 Å². The van der Waals surface area contributed by atoms with Gasteiger partial charge in [0.1, 0.15) is 11.5 Å². The molecule has 0 aliphatic carbocycles. The molecule has 0 heterocycles. The molecule has 4 nitrogen and oxygen atoms in total. The van der Waals surface area contributed by atoms with Crippen molar-refractivity contribution in [1.29, 1.82) is 0 Å². The van der Waals surface area contributed by atoms with Gasteiger partial charge in [-0.05, 0) is 51.8 Å². The van der Waals surface area contributed by atoms with Gasteiger partial charge in [-0.3, -0.25) is 9.98 Å². The molecule has 0 fully saturated rings. The molecule has 0 amide bonds. The molecule has 2 aromatic rings. The number of benzene rings is 2. The van der Waals surface area contributed by atoms with Crippen LogP contribution in [-0.2, 0) is 21.7 Å². The molecule has 0 saturated heterocycles. The average molecular weight is 625 g/mol. The van der Waals surface area contributed by atoms with Crippen LogP contribution in [0.4, 0.5) is 0 Å². The van der Waals surface area contributed by atoms with Crippen LogP contribution in [0.1, 0.15) is 123 Å². The van der Waals surface area contributed by atoms with Crippen LogP contribution >= 0.6 is 0 Å². The second-order valence-corrected chi connectivity index (χ2v) is 14.5. The molecule has 1 atom stereocenters. The van der Waals surface area contributed by atoms with E-state index in [9.17, 15) is 10.2 Å². The van der Waals surface area contributed by atoms with E-state index in [1.165, 1.54) is 11.1 Å². The fourth-order valence-electron chi connectivity index (χ4n) is 4.08. The summed E-state index contributed by atoms with van der Waals surface area (Å²) >= 11 is 0. The fraction of sp³-hybridized carbons (Fsp3) is 0.576. The van der Waals surface area contributed by atoms with Crippen LogP contribution in [0.15, 0.2) is 34.3 Å². The molecule has 208 valence electrons. The number of aromatic hydroxyl groups is 2. The first kappa shape index (κ1) is 34.2. The third-order valence-electron chi connectivity index (χ3n) is 6.69. The number of nitrogens with zero attached hydrogens (tertiary/aromatic N) is 2. The summed E-state index contributed by atoms with van der Waals surface area (Å²) in [6.07, 6.45) is 3.54. The van der Waals surface area contributed by atoms with Crippen molar-refractivity contribution in [1.82, 2.24) is 0 Å². The monoisotopic (exact) mass is 626 g/mol. The van der Waals surface area contributed by atoms with Crippen LogP contribution in [0.25, 0.3) is 0 Å². The number of aliphatic imine (C=N–C) groups is 2. The second-order valence-electron chi connectivity index (χ2n) is 14.5. The maximum atomic E-state index is 11.0. The zero-order valence-corrected chi connectivity index (χ0v) is 28.9. The number of hydrogen-bond donors (Lipinski definition) is 2. The first-order valence-corrected chi connectivity index (χ1v) is 13.4. The maximum absolute atomic E-state index is 11.0. The Morgan fingerprint density at radius 2 is 1.00 bits per heavy atom. The van der Waals surface area contributed by atoms with Gasteiger partial charge in [-0.1, -0.05) is 95.2 Å². The molecule has 2 rings (SSSR count). The van der Waals surface area contributed by atoms with Crippen LogP contribution in [-0.4, -0.2) is 59.1 Å². The van der Waals surface area contributed by atoms with Gasteiger partial charge >= 0.3 is 0 Å². The molecule has 5 heteroatoms. The second kappa shape index (κ2) is 12.1. The van der Waals surface area contributed by atoms with Crippen LogP contribution in [0.5, 0.6) is 11.5 Å². The molecular weight excluding hydrogens is 575 g/mol. The summed E-state index contributed by atoms with van der Waals surface area (Å²) in [4.78, 5) is 9.34. The van der Waals surface area contributed by atoms with E-state index in [1.54, 1.807) is 12.4 Å². The minimum atomic E-state index is -0.181. The first-order valence-electron chi connectivity index (χ1n) is 13.4. The Labute approximate surface area is 249 Å². The predicted octanol–water partition coefficient (Wildman–Crippen LogP) is 7.83. The smallest absolute Gasteiger partial charge is 0.128 e. The van der Waals surface area contributed by atoms with Gasteiger partial charge in [0.15, 0.2) is 0 Å². The first-order chi connectivity index (χ1) is 16.6. The molecule has 38 heavy (non-hydrogen) atoms. The van der Waals surface area contributed by atoms with Gasteiger partial charge in [0.25, 0.3) is 0 Å². The quantitative estimate of drug-likeness (QED) is 0.263. The summed E-state index contributed by atoms with van der Waals surface area (Å²) in [5.74, 6) is 0.581. The van der Waals surface area contributed by atoms with Gasteiger partial charge in [-0.2, -0.15) is 0 Å². The number of hydrogen-bond acceptors (Lipinski definition) is 4. The Bertz CT molecular complexity index is 1170. The van der Waals surface area contributed by atoms with Gasteiger partial charge < -0.3 is 10.2 Å². The van der Waals surface area contributed by atoms with Crippen LogP contribution in [0.2, 0.25) is 0 Å². The molecule has 0 saturated carbocycles. The summed E-state index contributed by atoms with van der Waals surface area (Å²) in [7, 11) is 0. The largest absolute Gasteiger partial charge is 0.507 e. The van der Waals surface area contributed by atoms with Gasteiger partial charge in [0, 0.05) is 58.6 Å². The van der Waals surface area contributed by atoms with E-state index in [0.29, 0.717) is 18.0 Å². The summed E-state index contributed by atoms with van der Waals surface area (Å²) in [5.41, 5.74) is 5.23. The zero-order valence-electron chi connectivity index (χ0n) is 26.0. The summed E-state index contributed by atoms with van der Waals surface area (Å²) in [6.45, 7) is 28.2. The van der Waals surface area contributed by atoms with E-state index in [2.05, 4.69) is 100 Å². The third kappa shape index (κ3) is 8.86. The fourth-order valence-corrected chi connectivity index (χ4v) is 4.08. The van der Waals surface area contributed by atoms with Crippen LogP contribution in [0, 0.1) is 0 Å². The molecule has 0 aliphatic rings. The van der Waals surface area contributed by atoms with Crippen molar-refractivity contribution in [2.24, 2.45) is 9.98 Å². The van der Waals surface area contributed by atoms with Gasteiger partial charge in [0.05, 0.1) is 12.6 Å². The van der Waals surface area contributed by atoms with Crippen molar-refractivity contribution in [2.75, 3.05) is 6.54 Å². The van der Waals surface area contributed by atoms with Crippen molar-refractivity contribution in [3.8, 4) is 11.5 Å². The molecule has 4 radical (unpaired) electrons. The van der Waals surface area contributed by atoms with Crippen molar-refractivity contribution in [3.05, 3.63) is 57.6 Å². The Morgan fingerprint density at radius 3 is 1.34 bits per heavy atom. The van der Waals surface area contributed by atoms with E-state index >= 15 is 0 Å². The minimum Gasteiger partial charge on any atom is -0.507 e.